The second kappa shape index (κ2) is 4.41. The van der Waals surface area contributed by atoms with Gasteiger partial charge in [0.15, 0.2) is 5.78 Å². The van der Waals surface area contributed by atoms with Gasteiger partial charge < -0.3 is 4.90 Å². The molecule has 0 saturated carbocycles. The molecule has 5 heteroatoms. The van der Waals surface area contributed by atoms with E-state index in [2.05, 4.69) is 5.43 Å². The second-order valence-corrected chi connectivity index (χ2v) is 3.49. The van der Waals surface area contributed by atoms with Gasteiger partial charge in [0.05, 0.1) is 6.04 Å². The van der Waals surface area contributed by atoms with Crippen molar-refractivity contribution in [3.05, 3.63) is 0 Å². The van der Waals surface area contributed by atoms with Gasteiger partial charge in [-0.1, -0.05) is 0 Å². The number of nitrogens with one attached hydrogen (secondary N) is 1. The van der Waals surface area contributed by atoms with E-state index in [-0.39, 0.29) is 17.9 Å². The molecule has 0 bridgehead atoms. The van der Waals surface area contributed by atoms with Crippen molar-refractivity contribution in [1.82, 2.24) is 15.3 Å². The van der Waals surface area contributed by atoms with Crippen molar-refractivity contribution < 1.29 is 9.59 Å². The van der Waals surface area contributed by atoms with Gasteiger partial charge in [0.1, 0.15) is 0 Å². The van der Waals surface area contributed by atoms with Crippen LogP contribution in [0.5, 0.6) is 0 Å². The van der Waals surface area contributed by atoms with Crippen molar-refractivity contribution in [3.63, 3.8) is 0 Å². The molecule has 0 aromatic rings. The molecule has 0 aromatic carbocycles. The number of hydrogen-bond donors (Lipinski definition) is 1. The third kappa shape index (κ3) is 2.04. The predicted molar refractivity (Wildman–Crippen MR) is 52.6 cm³/mol. The second-order valence-electron chi connectivity index (χ2n) is 3.49. The van der Waals surface area contributed by atoms with Crippen molar-refractivity contribution in [3.8, 4) is 0 Å². The van der Waals surface area contributed by atoms with Crippen LogP contribution in [0.15, 0.2) is 0 Å². The molecule has 2 amide bonds. The van der Waals surface area contributed by atoms with Crippen LogP contribution in [0.3, 0.4) is 0 Å². The Kier molecular flexibility index (Phi) is 3.46. The molecule has 0 spiro atoms. The molecule has 80 valence electrons. The average Bonchev–Trinajstić information content (AvgIpc) is 2.17. The van der Waals surface area contributed by atoms with Crippen LogP contribution in [-0.2, 0) is 4.79 Å². The number of hydrazine groups is 1. The Hall–Kier alpha value is -1.10. The average molecular weight is 199 g/mol. The van der Waals surface area contributed by atoms with Crippen LogP contribution in [0.4, 0.5) is 4.79 Å². The zero-order chi connectivity index (χ0) is 10.7. The van der Waals surface area contributed by atoms with Gasteiger partial charge in [0, 0.05) is 20.1 Å². The number of carbonyl (C=O) groups excluding carboxylic acids is 2. The predicted octanol–water partition coefficient (Wildman–Crippen LogP) is 0.226. The monoisotopic (exact) mass is 199 g/mol. The van der Waals surface area contributed by atoms with Crippen LogP contribution in [0.2, 0.25) is 0 Å². The molecule has 0 aliphatic carbocycles. The molecule has 1 N–H and O–H groups in total. The highest BCUT2D eigenvalue weighted by atomic mass is 16.2. The Balaban J connectivity index is 2.69. The highest BCUT2D eigenvalue weighted by molar-refractivity contribution is 5.86. The van der Waals surface area contributed by atoms with E-state index in [0.29, 0.717) is 13.1 Å². The number of nitrogens with zero attached hydrogens (tertiary/aromatic N) is 2. The van der Waals surface area contributed by atoms with E-state index in [9.17, 15) is 9.59 Å². The van der Waals surface area contributed by atoms with Gasteiger partial charge in [-0.05, 0) is 20.3 Å². The van der Waals surface area contributed by atoms with Gasteiger partial charge >= 0.3 is 6.03 Å². The molecule has 1 rings (SSSR count). The van der Waals surface area contributed by atoms with Crippen molar-refractivity contribution in [2.24, 2.45) is 0 Å². The first kappa shape index (κ1) is 11.0. The molecule has 14 heavy (non-hydrogen) atoms. The first-order chi connectivity index (χ1) is 6.57. The lowest BCUT2D eigenvalue weighted by molar-refractivity contribution is -0.121. The molecule has 0 radical (unpaired) electrons. The number of carbonyl (C=O) groups is 2. The summed E-state index contributed by atoms with van der Waals surface area (Å²) in [6, 6.07) is -0.430. The number of rotatable bonds is 3. The van der Waals surface area contributed by atoms with E-state index in [0.717, 1.165) is 6.42 Å². The smallest absolute Gasteiger partial charge is 0.314 e. The van der Waals surface area contributed by atoms with Crippen LogP contribution in [0, 0.1) is 0 Å². The zero-order valence-corrected chi connectivity index (χ0v) is 8.91. The van der Waals surface area contributed by atoms with Crippen molar-refractivity contribution in [2.75, 3.05) is 20.1 Å². The minimum atomic E-state index is -0.321. The number of Topliss-reactive ketones (excluding diaryl/α,β-unsaturated/α-hetero) is 1. The summed E-state index contributed by atoms with van der Waals surface area (Å²) >= 11 is 0. The summed E-state index contributed by atoms with van der Waals surface area (Å²) in [5, 5.41) is 1.53. The molecular weight excluding hydrogens is 182 g/mol. The van der Waals surface area contributed by atoms with Crippen LogP contribution < -0.4 is 5.43 Å². The summed E-state index contributed by atoms with van der Waals surface area (Å²) in [5.74, 6) is 0.0244. The third-order valence-corrected chi connectivity index (χ3v) is 2.58. The maximum absolute atomic E-state index is 11.7. The van der Waals surface area contributed by atoms with E-state index in [1.54, 1.807) is 18.9 Å². The summed E-state index contributed by atoms with van der Waals surface area (Å²) in [7, 11) is 1.71. The van der Waals surface area contributed by atoms with Crippen LogP contribution >= 0.6 is 0 Å². The summed E-state index contributed by atoms with van der Waals surface area (Å²) in [4.78, 5) is 24.5. The first-order valence-corrected chi connectivity index (χ1v) is 4.84. The number of hydrogen-bond acceptors (Lipinski definition) is 3. The lowest BCUT2D eigenvalue weighted by Gasteiger charge is -2.37. The minimum absolute atomic E-state index is 0.0244. The van der Waals surface area contributed by atoms with Gasteiger partial charge in [-0.15, -0.1) is 0 Å². The van der Waals surface area contributed by atoms with E-state index in [1.165, 1.54) is 11.9 Å². The highest BCUT2D eigenvalue weighted by Gasteiger charge is 2.30. The highest BCUT2D eigenvalue weighted by Crippen LogP contribution is 2.11. The van der Waals surface area contributed by atoms with Crippen molar-refractivity contribution >= 4 is 11.8 Å². The molecule has 1 unspecified atom stereocenters. The van der Waals surface area contributed by atoms with Gasteiger partial charge in [0.25, 0.3) is 0 Å². The number of ketones is 1. The molecule has 1 atom stereocenters. The fourth-order valence-corrected chi connectivity index (χ4v) is 1.53. The standard InChI is InChI=1S/C9H17N3O2/c1-7(8(2)13)11-5-4-6-12(10-3)9(11)14/h7,10H,4-6H2,1-3H3. The Morgan fingerprint density at radius 2 is 2.14 bits per heavy atom. The zero-order valence-electron chi connectivity index (χ0n) is 8.91. The Morgan fingerprint density at radius 3 is 2.64 bits per heavy atom. The van der Waals surface area contributed by atoms with E-state index >= 15 is 0 Å². The molecule has 1 heterocycles. The SMILES string of the molecule is CNN1CCCN(C(C)C(C)=O)C1=O. The quantitative estimate of drug-likeness (QED) is 0.707. The summed E-state index contributed by atoms with van der Waals surface area (Å²) in [6.45, 7) is 4.64. The number of amides is 2. The number of urea groups is 1. The Morgan fingerprint density at radius 1 is 1.50 bits per heavy atom. The molecule has 0 aromatic heterocycles. The van der Waals surface area contributed by atoms with Gasteiger partial charge in [-0.3, -0.25) is 9.80 Å². The molecule has 1 saturated heterocycles. The Labute approximate surface area is 84.0 Å². The minimum Gasteiger partial charge on any atom is -0.314 e. The van der Waals surface area contributed by atoms with Crippen LogP contribution in [0.25, 0.3) is 0 Å². The third-order valence-electron chi connectivity index (χ3n) is 2.58. The van der Waals surface area contributed by atoms with Crippen LogP contribution in [-0.4, -0.2) is 47.9 Å². The summed E-state index contributed by atoms with van der Waals surface area (Å²) < 4.78 is 0. The molecular formula is C9H17N3O2. The van der Waals surface area contributed by atoms with Gasteiger partial charge in [0.2, 0.25) is 0 Å². The molecule has 1 aliphatic heterocycles. The van der Waals surface area contributed by atoms with Crippen molar-refractivity contribution in [1.29, 1.82) is 0 Å². The van der Waals surface area contributed by atoms with Gasteiger partial charge in [-0.2, -0.15) is 0 Å². The fourth-order valence-electron chi connectivity index (χ4n) is 1.53. The fraction of sp³-hybridized carbons (Fsp3) is 0.778. The molecule has 5 nitrogen and oxygen atoms in total. The topological polar surface area (TPSA) is 52.6 Å². The maximum Gasteiger partial charge on any atom is 0.334 e. The van der Waals surface area contributed by atoms with E-state index < -0.39 is 0 Å². The van der Waals surface area contributed by atoms with Crippen molar-refractivity contribution in [2.45, 2.75) is 26.3 Å². The molecule has 1 aliphatic rings. The molecule has 1 fully saturated rings. The summed E-state index contributed by atoms with van der Waals surface area (Å²) in [6.07, 6.45) is 0.893. The van der Waals surface area contributed by atoms with E-state index in [4.69, 9.17) is 0 Å². The largest absolute Gasteiger partial charge is 0.334 e. The lowest BCUT2D eigenvalue weighted by atomic mass is 10.2. The summed E-state index contributed by atoms with van der Waals surface area (Å²) in [5.41, 5.74) is 2.81. The van der Waals surface area contributed by atoms with E-state index in [1.807, 2.05) is 0 Å². The normalized spacial score (nSPS) is 19.8. The van der Waals surface area contributed by atoms with Crippen LogP contribution in [0.1, 0.15) is 20.3 Å². The lowest BCUT2D eigenvalue weighted by Crippen LogP contribution is -2.57. The maximum atomic E-state index is 11.7. The first-order valence-electron chi connectivity index (χ1n) is 4.84. The van der Waals surface area contributed by atoms with Gasteiger partial charge in [-0.25, -0.2) is 10.2 Å². The Bertz CT molecular complexity index is 242.